The van der Waals surface area contributed by atoms with Crippen LogP contribution in [0.3, 0.4) is 0 Å². The maximum atomic E-state index is 12.5. The highest BCUT2D eigenvalue weighted by Crippen LogP contribution is 2.31. The Morgan fingerprint density at radius 1 is 1.00 bits per heavy atom. The van der Waals surface area contributed by atoms with Crippen molar-refractivity contribution in [3.63, 3.8) is 0 Å². The molecule has 0 saturated carbocycles. The van der Waals surface area contributed by atoms with Crippen LogP contribution in [0.15, 0.2) is 58.1 Å². The summed E-state index contributed by atoms with van der Waals surface area (Å²) in [5.41, 5.74) is 0.730. The number of nitrogen functional groups attached to an aromatic ring is 1. The molecule has 0 spiro atoms. The van der Waals surface area contributed by atoms with Gasteiger partial charge < -0.3 is 5.84 Å². The van der Waals surface area contributed by atoms with Gasteiger partial charge in [0, 0.05) is 10.6 Å². The smallest absolute Gasteiger partial charge is 0.280 e. The van der Waals surface area contributed by atoms with Gasteiger partial charge in [-0.1, -0.05) is 41.9 Å². The van der Waals surface area contributed by atoms with Gasteiger partial charge in [-0.2, -0.15) is 0 Å². The van der Waals surface area contributed by atoms with Gasteiger partial charge >= 0.3 is 0 Å². The zero-order valence-corrected chi connectivity index (χ0v) is 13.5. The Morgan fingerprint density at radius 3 is 2.52 bits per heavy atom. The molecule has 0 aliphatic rings. The van der Waals surface area contributed by atoms with Crippen LogP contribution >= 0.6 is 11.6 Å². The first-order valence-corrected chi connectivity index (χ1v) is 7.78. The molecule has 0 fully saturated rings. The molecule has 124 valence electrons. The number of fused-ring (bicyclic) bond motifs is 1. The number of hydrogen-bond donors (Lipinski definition) is 3. The van der Waals surface area contributed by atoms with Crippen molar-refractivity contribution in [3.8, 4) is 22.6 Å². The highest BCUT2D eigenvalue weighted by atomic mass is 35.5. The minimum Gasteiger partial charge on any atom is -0.334 e. The Kier molecular flexibility index (Phi) is 3.43. The van der Waals surface area contributed by atoms with Crippen LogP contribution < -0.4 is 17.0 Å². The number of aromatic nitrogens is 4. The average molecular weight is 354 g/mol. The molecule has 0 unspecified atom stereocenters. The molecule has 2 aromatic carbocycles. The van der Waals surface area contributed by atoms with Gasteiger partial charge in [-0.3, -0.25) is 19.8 Å². The van der Waals surface area contributed by atoms with E-state index in [1.54, 1.807) is 48.5 Å². The number of hydrogen-bond acceptors (Lipinski definition) is 4. The zero-order valence-electron chi connectivity index (χ0n) is 12.8. The summed E-state index contributed by atoms with van der Waals surface area (Å²) in [6.45, 7) is 0. The SMILES string of the molecule is Nn1c(-c2c(-c3ccccc3Cl)[nH][nH]c2=O)nc2ccccc2c1=O. The molecule has 25 heavy (non-hydrogen) atoms. The minimum absolute atomic E-state index is 0.0566. The highest BCUT2D eigenvalue weighted by Gasteiger charge is 2.21. The van der Waals surface area contributed by atoms with Crippen molar-refractivity contribution >= 4 is 22.5 Å². The van der Waals surface area contributed by atoms with Crippen LogP contribution in [0.1, 0.15) is 0 Å². The van der Waals surface area contributed by atoms with Crippen molar-refractivity contribution in [3.05, 3.63) is 74.3 Å². The topological polar surface area (TPSA) is 110 Å². The van der Waals surface area contributed by atoms with E-state index in [9.17, 15) is 9.59 Å². The number of nitrogens with two attached hydrogens (primary N) is 1. The summed E-state index contributed by atoms with van der Waals surface area (Å²) in [6.07, 6.45) is 0. The third-order valence-corrected chi connectivity index (χ3v) is 4.28. The third kappa shape index (κ3) is 2.33. The Labute approximate surface area is 145 Å². The standard InChI is InChI=1S/C17H12ClN5O2/c18-11-7-3-1-5-9(11)14-13(16(24)22-21-14)15-20-12-8-4-2-6-10(12)17(25)23(15)19/h1-8H,19H2,(H2,21,22,24). The molecule has 0 radical (unpaired) electrons. The van der Waals surface area contributed by atoms with Crippen molar-refractivity contribution in [1.82, 2.24) is 19.9 Å². The molecule has 4 aromatic rings. The van der Waals surface area contributed by atoms with Crippen LogP contribution in [0.25, 0.3) is 33.5 Å². The molecule has 0 amide bonds. The van der Waals surface area contributed by atoms with E-state index in [1.807, 2.05) is 0 Å². The summed E-state index contributed by atoms with van der Waals surface area (Å²) in [5.74, 6) is 5.99. The number of nitrogens with zero attached hydrogens (tertiary/aromatic N) is 2. The van der Waals surface area contributed by atoms with E-state index in [4.69, 9.17) is 17.4 Å². The Morgan fingerprint density at radius 2 is 1.72 bits per heavy atom. The van der Waals surface area contributed by atoms with E-state index in [-0.39, 0.29) is 11.4 Å². The summed E-state index contributed by atoms with van der Waals surface area (Å²) >= 11 is 6.24. The van der Waals surface area contributed by atoms with Crippen molar-refractivity contribution in [1.29, 1.82) is 0 Å². The number of rotatable bonds is 2. The first kappa shape index (κ1) is 15.2. The van der Waals surface area contributed by atoms with Crippen LogP contribution in [-0.2, 0) is 0 Å². The molecule has 4 rings (SSSR count). The van der Waals surface area contributed by atoms with Gasteiger partial charge in [0.1, 0.15) is 5.56 Å². The van der Waals surface area contributed by atoms with E-state index >= 15 is 0 Å². The largest absolute Gasteiger partial charge is 0.334 e. The van der Waals surface area contributed by atoms with Gasteiger partial charge in [0.25, 0.3) is 11.1 Å². The summed E-state index contributed by atoms with van der Waals surface area (Å²) in [7, 11) is 0. The predicted molar refractivity (Wildman–Crippen MR) is 97.0 cm³/mol. The first-order valence-electron chi connectivity index (χ1n) is 7.40. The average Bonchev–Trinajstić information content (AvgIpc) is 3.00. The fourth-order valence-corrected chi connectivity index (χ4v) is 2.99. The maximum absolute atomic E-state index is 12.5. The molecule has 4 N–H and O–H groups in total. The summed E-state index contributed by atoms with van der Waals surface area (Å²) < 4.78 is 0.876. The molecule has 0 aliphatic carbocycles. The van der Waals surface area contributed by atoms with E-state index < -0.39 is 11.1 Å². The number of nitrogens with one attached hydrogen (secondary N) is 2. The molecule has 0 aliphatic heterocycles. The molecule has 0 atom stereocenters. The lowest BCUT2D eigenvalue weighted by Crippen LogP contribution is -2.31. The number of benzene rings is 2. The molecule has 2 heterocycles. The van der Waals surface area contributed by atoms with E-state index in [2.05, 4.69) is 15.2 Å². The Hall–Kier alpha value is -3.32. The Bertz CT molecular complexity index is 1220. The fraction of sp³-hybridized carbons (Fsp3) is 0. The van der Waals surface area contributed by atoms with Crippen molar-refractivity contribution in [2.75, 3.05) is 5.84 Å². The van der Waals surface area contributed by atoms with Crippen LogP contribution in [0.4, 0.5) is 0 Å². The number of halogens is 1. The lowest BCUT2D eigenvalue weighted by Gasteiger charge is -2.09. The molecule has 2 aromatic heterocycles. The minimum atomic E-state index is -0.448. The number of H-pyrrole nitrogens is 2. The molecule has 7 nitrogen and oxygen atoms in total. The molecule has 8 heteroatoms. The summed E-state index contributed by atoms with van der Waals surface area (Å²) in [5, 5.41) is 6.12. The molecule has 0 saturated heterocycles. The first-order chi connectivity index (χ1) is 12.1. The van der Waals surface area contributed by atoms with E-state index in [0.29, 0.717) is 27.2 Å². The van der Waals surface area contributed by atoms with E-state index in [0.717, 1.165) is 4.68 Å². The molecular formula is C17H12ClN5O2. The normalized spacial score (nSPS) is 11.1. The lowest BCUT2D eigenvalue weighted by molar-refractivity contribution is 0.926. The Balaban J connectivity index is 2.08. The molecular weight excluding hydrogens is 342 g/mol. The van der Waals surface area contributed by atoms with Crippen LogP contribution in [0.2, 0.25) is 5.02 Å². The predicted octanol–water partition coefficient (Wildman–Crippen LogP) is 2.11. The van der Waals surface area contributed by atoms with Crippen molar-refractivity contribution in [2.24, 2.45) is 0 Å². The van der Waals surface area contributed by atoms with Crippen LogP contribution in [0, 0.1) is 0 Å². The van der Waals surface area contributed by atoms with Crippen LogP contribution in [0.5, 0.6) is 0 Å². The third-order valence-electron chi connectivity index (χ3n) is 3.95. The van der Waals surface area contributed by atoms with Crippen LogP contribution in [-0.4, -0.2) is 19.9 Å². The second-order valence-corrected chi connectivity index (χ2v) is 5.84. The number of para-hydroxylation sites is 1. The quantitative estimate of drug-likeness (QED) is 0.479. The van der Waals surface area contributed by atoms with Gasteiger partial charge in [-0.15, -0.1) is 0 Å². The zero-order chi connectivity index (χ0) is 17.6. The highest BCUT2D eigenvalue weighted by molar-refractivity contribution is 6.33. The van der Waals surface area contributed by atoms with Gasteiger partial charge in [-0.05, 0) is 18.2 Å². The second-order valence-electron chi connectivity index (χ2n) is 5.44. The maximum Gasteiger partial charge on any atom is 0.280 e. The van der Waals surface area contributed by atoms with Gasteiger partial charge in [0.15, 0.2) is 5.82 Å². The van der Waals surface area contributed by atoms with Gasteiger partial charge in [0.05, 0.1) is 16.6 Å². The van der Waals surface area contributed by atoms with Gasteiger partial charge in [0.2, 0.25) is 0 Å². The lowest BCUT2D eigenvalue weighted by atomic mass is 10.1. The number of aromatic amines is 2. The second kappa shape index (κ2) is 5.64. The summed E-state index contributed by atoms with van der Waals surface area (Å²) in [6, 6.07) is 13.8. The monoisotopic (exact) mass is 353 g/mol. The van der Waals surface area contributed by atoms with Crippen molar-refractivity contribution in [2.45, 2.75) is 0 Å². The fourth-order valence-electron chi connectivity index (χ4n) is 2.76. The van der Waals surface area contributed by atoms with Gasteiger partial charge in [-0.25, -0.2) is 9.66 Å². The van der Waals surface area contributed by atoms with E-state index in [1.165, 1.54) is 0 Å². The molecule has 0 bridgehead atoms. The summed E-state index contributed by atoms with van der Waals surface area (Å²) in [4.78, 5) is 29.3. The van der Waals surface area contributed by atoms with Crippen molar-refractivity contribution < 1.29 is 0 Å².